The van der Waals surface area contributed by atoms with Crippen LogP contribution in [0.1, 0.15) is 35.1 Å². The lowest BCUT2D eigenvalue weighted by Crippen LogP contribution is -2.36. The van der Waals surface area contributed by atoms with Crippen molar-refractivity contribution in [1.82, 2.24) is 24.3 Å². The molecule has 10 heteroatoms. The molecular formula is C15H18N6O3S. The molecular weight excluding hydrogens is 344 g/mol. The predicted octanol–water partition coefficient (Wildman–Crippen LogP) is 0.515. The number of nitrogens with two attached hydrogens (primary N) is 1. The summed E-state index contributed by atoms with van der Waals surface area (Å²) in [4.78, 5) is 38.7. The Bertz CT molecular complexity index is 953. The van der Waals surface area contributed by atoms with Crippen molar-refractivity contribution in [2.24, 2.45) is 0 Å². The summed E-state index contributed by atoms with van der Waals surface area (Å²) in [6, 6.07) is -0.0399. The lowest BCUT2D eigenvalue weighted by atomic mass is 10.2. The van der Waals surface area contributed by atoms with Crippen LogP contribution in [0.15, 0.2) is 27.4 Å². The van der Waals surface area contributed by atoms with E-state index in [9.17, 15) is 14.4 Å². The Morgan fingerprint density at radius 1 is 1.44 bits per heavy atom. The molecule has 0 saturated heterocycles. The minimum atomic E-state index is -0.756. The van der Waals surface area contributed by atoms with Gasteiger partial charge < -0.3 is 10.3 Å². The van der Waals surface area contributed by atoms with Crippen LogP contribution in [0.3, 0.4) is 0 Å². The Labute approximate surface area is 147 Å². The second kappa shape index (κ2) is 6.71. The molecule has 3 N–H and O–H groups in total. The fourth-order valence-electron chi connectivity index (χ4n) is 2.54. The number of nitrogen functional groups attached to an aromatic ring is 1. The third-order valence-electron chi connectivity index (χ3n) is 3.92. The smallest absolute Gasteiger partial charge is 0.330 e. The lowest BCUT2D eigenvalue weighted by Gasteiger charge is -2.11. The summed E-state index contributed by atoms with van der Waals surface area (Å²) in [5.41, 5.74) is 4.44. The number of anilines is 1. The van der Waals surface area contributed by atoms with E-state index in [2.05, 4.69) is 21.8 Å². The number of aromatic amines is 1. The quantitative estimate of drug-likeness (QED) is 0.417. The second-order valence-electron chi connectivity index (χ2n) is 5.76. The van der Waals surface area contributed by atoms with Crippen LogP contribution in [0.25, 0.3) is 0 Å². The van der Waals surface area contributed by atoms with E-state index in [0.717, 1.165) is 24.6 Å². The zero-order valence-electron chi connectivity index (χ0n) is 13.7. The van der Waals surface area contributed by atoms with Crippen LogP contribution < -0.4 is 17.0 Å². The standard InChI is InChI=1S/C15H18N6O3S/c1-3-6-20-8(2)18-19-15(20)25-7-10(22)11-12(16)21(9-4-5-9)14(24)17-13(11)23/h3,9H,1,4-7,16H2,2H3,(H,17,23,24). The van der Waals surface area contributed by atoms with E-state index in [1.165, 1.54) is 4.57 Å². The molecule has 0 aromatic carbocycles. The van der Waals surface area contributed by atoms with Crippen molar-refractivity contribution in [2.75, 3.05) is 11.5 Å². The number of nitrogens with one attached hydrogen (secondary N) is 1. The highest BCUT2D eigenvalue weighted by molar-refractivity contribution is 7.99. The largest absolute Gasteiger partial charge is 0.384 e. The number of carbonyl (C=O) groups is 1. The van der Waals surface area contributed by atoms with Gasteiger partial charge >= 0.3 is 5.69 Å². The van der Waals surface area contributed by atoms with Crippen molar-refractivity contribution < 1.29 is 4.79 Å². The fourth-order valence-corrected chi connectivity index (χ4v) is 3.41. The minimum Gasteiger partial charge on any atom is -0.384 e. The van der Waals surface area contributed by atoms with Gasteiger partial charge in [0.15, 0.2) is 10.9 Å². The summed E-state index contributed by atoms with van der Waals surface area (Å²) >= 11 is 1.16. The number of allylic oxidation sites excluding steroid dienone is 1. The molecule has 1 saturated carbocycles. The Balaban J connectivity index is 1.85. The zero-order chi connectivity index (χ0) is 18.1. The first kappa shape index (κ1) is 17.2. The summed E-state index contributed by atoms with van der Waals surface area (Å²) in [5.74, 6) is 0.148. The third kappa shape index (κ3) is 3.29. The highest BCUT2D eigenvalue weighted by atomic mass is 32.2. The molecule has 0 atom stereocenters. The number of H-pyrrole nitrogens is 1. The number of aryl methyl sites for hydroxylation is 1. The van der Waals surface area contributed by atoms with Crippen molar-refractivity contribution in [3.05, 3.63) is 44.9 Å². The summed E-state index contributed by atoms with van der Waals surface area (Å²) in [6.45, 7) is 6.00. The lowest BCUT2D eigenvalue weighted by molar-refractivity contribution is 0.102. The fraction of sp³-hybridized carbons (Fsp3) is 0.400. The summed E-state index contributed by atoms with van der Waals surface area (Å²) in [5, 5.41) is 8.54. The Kier molecular flexibility index (Phi) is 4.62. The van der Waals surface area contributed by atoms with E-state index in [0.29, 0.717) is 17.5 Å². The Morgan fingerprint density at radius 3 is 2.80 bits per heavy atom. The number of carbonyl (C=O) groups excluding carboxylic acids is 1. The first-order chi connectivity index (χ1) is 11.9. The van der Waals surface area contributed by atoms with Gasteiger partial charge in [0.05, 0.1) is 5.75 Å². The molecule has 3 rings (SSSR count). The SMILES string of the molecule is C=CCn1c(C)nnc1SCC(=O)c1c(N)n(C2CC2)c(=O)[nH]c1=O. The molecule has 0 radical (unpaired) electrons. The summed E-state index contributed by atoms with van der Waals surface area (Å²) < 4.78 is 3.10. The molecule has 1 fully saturated rings. The maximum atomic E-state index is 12.5. The van der Waals surface area contributed by atoms with E-state index >= 15 is 0 Å². The number of thioether (sulfide) groups is 1. The molecule has 0 bridgehead atoms. The van der Waals surface area contributed by atoms with Crippen LogP contribution in [0.5, 0.6) is 0 Å². The van der Waals surface area contributed by atoms with Crippen LogP contribution in [-0.2, 0) is 6.54 Å². The monoisotopic (exact) mass is 362 g/mol. The number of nitrogens with zero attached hydrogens (tertiary/aromatic N) is 4. The minimum absolute atomic E-state index is 0.0363. The van der Waals surface area contributed by atoms with Gasteiger partial charge in [-0.1, -0.05) is 17.8 Å². The second-order valence-corrected chi connectivity index (χ2v) is 6.70. The molecule has 0 aliphatic heterocycles. The number of hydrogen-bond acceptors (Lipinski definition) is 7. The Morgan fingerprint density at radius 2 is 2.16 bits per heavy atom. The molecule has 1 aliphatic rings. The van der Waals surface area contributed by atoms with E-state index in [1.807, 2.05) is 4.57 Å². The van der Waals surface area contributed by atoms with Crippen molar-refractivity contribution in [2.45, 2.75) is 37.5 Å². The Hall–Kier alpha value is -2.62. The maximum absolute atomic E-state index is 12.5. The van der Waals surface area contributed by atoms with E-state index in [4.69, 9.17) is 5.73 Å². The first-order valence-corrected chi connectivity index (χ1v) is 8.73. The maximum Gasteiger partial charge on any atom is 0.330 e. The topological polar surface area (TPSA) is 129 Å². The molecule has 0 unspecified atom stereocenters. The van der Waals surface area contributed by atoms with Crippen molar-refractivity contribution in [1.29, 1.82) is 0 Å². The van der Waals surface area contributed by atoms with Crippen LogP contribution in [-0.4, -0.2) is 35.9 Å². The number of rotatable bonds is 7. The highest BCUT2D eigenvalue weighted by Crippen LogP contribution is 2.35. The van der Waals surface area contributed by atoms with Gasteiger partial charge in [-0.3, -0.25) is 19.1 Å². The number of ketones is 1. The van der Waals surface area contributed by atoms with Crippen LogP contribution in [0, 0.1) is 6.92 Å². The molecule has 25 heavy (non-hydrogen) atoms. The van der Waals surface area contributed by atoms with Gasteiger partial charge in [-0.2, -0.15) is 0 Å². The van der Waals surface area contributed by atoms with Crippen LogP contribution in [0.4, 0.5) is 5.82 Å². The van der Waals surface area contributed by atoms with Gasteiger partial charge in [-0.15, -0.1) is 16.8 Å². The van der Waals surface area contributed by atoms with Gasteiger partial charge in [0, 0.05) is 12.6 Å². The third-order valence-corrected chi connectivity index (χ3v) is 4.89. The molecule has 132 valence electrons. The molecule has 2 aromatic heterocycles. The molecule has 2 heterocycles. The van der Waals surface area contributed by atoms with Crippen LogP contribution in [0.2, 0.25) is 0 Å². The number of Topliss-reactive ketones (excluding diaryl/α,β-unsaturated/α-hetero) is 1. The van der Waals surface area contributed by atoms with Gasteiger partial charge in [0.25, 0.3) is 5.56 Å². The molecule has 2 aromatic rings. The predicted molar refractivity (Wildman–Crippen MR) is 94.0 cm³/mol. The summed E-state index contributed by atoms with van der Waals surface area (Å²) in [6.07, 6.45) is 3.32. The average Bonchev–Trinajstić information content (AvgIpc) is 3.31. The van der Waals surface area contributed by atoms with Gasteiger partial charge in [-0.25, -0.2) is 4.79 Å². The molecule has 1 aliphatic carbocycles. The first-order valence-electron chi connectivity index (χ1n) is 7.75. The normalized spacial score (nSPS) is 13.8. The van der Waals surface area contributed by atoms with Crippen molar-refractivity contribution in [3.63, 3.8) is 0 Å². The van der Waals surface area contributed by atoms with E-state index in [1.54, 1.807) is 13.0 Å². The van der Waals surface area contributed by atoms with Crippen molar-refractivity contribution in [3.8, 4) is 0 Å². The van der Waals surface area contributed by atoms with E-state index in [-0.39, 0.29) is 23.2 Å². The average molecular weight is 362 g/mol. The molecule has 0 spiro atoms. The highest BCUT2D eigenvalue weighted by Gasteiger charge is 2.30. The summed E-state index contributed by atoms with van der Waals surface area (Å²) in [7, 11) is 0. The molecule has 9 nitrogen and oxygen atoms in total. The number of hydrogen-bond donors (Lipinski definition) is 2. The van der Waals surface area contributed by atoms with Crippen molar-refractivity contribution >= 4 is 23.4 Å². The van der Waals surface area contributed by atoms with Gasteiger partial charge in [0.1, 0.15) is 17.2 Å². The van der Waals surface area contributed by atoms with Gasteiger partial charge in [0.2, 0.25) is 0 Å². The van der Waals surface area contributed by atoms with Gasteiger partial charge in [-0.05, 0) is 19.8 Å². The number of aromatic nitrogens is 5. The van der Waals surface area contributed by atoms with E-state index < -0.39 is 17.0 Å². The molecule has 0 amide bonds. The van der Waals surface area contributed by atoms with Crippen LogP contribution >= 0.6 is 11.8 Å². The zero-order valence-corrected chi connectivity index (χ0v) is 14.5.